The number of urea groups is 1. The summed E-state index contributed by atoms with van der Waals surface area (Å²) in [6.07, 6.45) is 0.877. The van der Waals surface area contributed by atoms with Crippen molar-refractivity contribution in [1.29, 1.82) is 0 Å². The Morgan fingerprint density at radius 3 is 2.86 bits per heavy atom. The summed E-state index contributed by atoms with van der Waals surface area (Å²) in [5.41, 5.74) is 0.582. The van der Waals surface area contributed by atoms with Crippen molar-refractivity contribution in [3.63, 3.8) is 0 Å². The van der Waals surface area contributed by atoms with Gasteiger partial charge < -0.3 is 15.3 Å². The molecule has 1 aromatic rings. The molecular weight excluding hydrogens is 298 g/mol. The van der Waals surface area contributed by atoms with Gasteiger partial charge in [0, 0.05) is 38.8 Å². The molecule has 1 saturated heterocycles. The van der Waals surface area contributed by atoms with Crippen LogP contribution >= 0.6 is 11.3 Å². The minimum Gasteiger partial charge on any atom is -0.389 e. The Morgan fingerprint density at radius 2 is 2.27 bits per heavy atom. The second kappa shape index (κ2) is 7.44. The van der Waals surface area contributed by atoms with Crippen LogP contribution in [0.15, 0.2) is 16.8 Å². The number of hydrogen-bond acceptors (Lipinski definition) is 4. The summed E-state index contributed by atoms with van der Waals surface area (Å²) in [5.74, 6) is 0. The van der Waals surface area contributed by atoms with Crippen LogP contribution in [0.1, 0.15) is 26.3 Å². The molecule has 124 valence electrons. The van der Waals surface area contributed by atoms with E-state index in [4.69, 9.17) is 0 Å². The van der Waals surface area contributed by atoms with Gasteiger partial charge in [-0.1, -0.05) is 0 Å². The maximum Gasteiger partial charge on any atom is 0.317 e. The van der Waals surface area contributed by atoms with Crippen molar-refractivity contribution in [1.82, 2.24) is 15.1 Å². The Bertz CT molecular complexity index is 470. The standard InChI is InChI=1S/C16H27N3O2S/c1-13-10-18(12-16(2,3)21)7-8-19(13)15(20)17-6-4-14-5-9-22-11-14/h5,9,11,13,21H,4,6-8,10,12H2,1-3H3,(H,17,20). The molecule has 2 amide bonds. The second-order valence-corrected chi connectivity index (χ2v) is 7.48. The zero-order valence-corrected chi connectivity index (χ0v) is 14.5. The number of carbonyl (C=O) groups is 1. The van der Waals surface area contributed by atoms with Gasteiger partial charge in [0.05, 0.1) is 5.60 Å². The second-order valence-electron chi connectivity index (χ2n) is 6.70. The first-order chi connectivity index (χ1) is 10.3. The molecule has 5 nitrogen and oxygen atoms in total. The van der Waals surface area contributed by atoms with Crippen LogP contribution in [0.3, 0.4) is 0 Å². The fourth-order valence-electron chi connectivity index (χ4n) is 2.88. The average molecular weight is 325 g/mol. The number of aliphatic hydroxyl groups is 1. The molecule has 0 bridgehead atoms. The highest BCUT2D eigenvalue weighted by Crippen LogP contribution is 2.13. The van der Waals surface area contributed by atoms with E-state index in [0.29, 0.717) is 19.6 Å². The molecule has 1 unspecified atom stereocenters. The Morgan fingerprint density at radius 1 is 1.50 bits per heavy atom. The van der Waals surface area contributed by atoms with Gasteiger partial charge in [0.25, 0.3) is 0 Å². The number of β-amino-alcohol motifs (C(OH)–C–C–N with tert-alkyl or cyclic N) is 1. The van der Waals surface area contributed by atoms with Crippen molar-refractivity contribution in [2.75, 3.05) is 32.7 Å². The van der Waals surface area contributed by atoms with Crippen LogP contribution in [0, 0.1) is 0 Å². The third-order valence-electron chi connectivity index (χ3n) is 3.85. The van der Waals surface area contributed by atoms with Gasteiger partial charge in [0.1, 0.15) is 0 Å². The highest BCUT2D eigenvalue weighted by molar-refractivity contribution is 7.07. The van der Waals surface area contributed by atoms with Crippen LogP contribution in [0.25, 0.3) is 0 Å². The maximum absolute atomic E-state index is 12.3. The molecule has 1 aromatic heterocycles. The lowest BCUT2D eigenvalue weighted by atomic mass is 10.1. The van der Waals surface area contributed by atoms with E-state index in [1.807, 2.05) is 18.7 Å². The summed E-state index contributed by atoms with van der Waals surface area (Å²) < 4.78 is 0. The molecule has 1 aliphatic rings. The van der Waals surface area contributed by atoms with Gasteiger partial charge in [-0.05, 0) is 49.6 Å². The van der Waals surface area contributed by atoms with Crippen molar-refractivity contribution >= 4 is 17.4 Å². The normalized spacial score (nSPS) is 20.2. The first-order valence-corrected chi connectivity index (χ1v) is 8.80. The van der Waals surface area contributed by atoms with Crippen LogP contribution in [0.5, 0.6) is 0 Å². The number of nitrogens with zero attached hydrogens (tertiary/aromatic N) is 2. The van der Waals surface area contributed by atoms with E-state index in [9.17, 15) is 9.90 Å². The fourth-order valence-corrected chi connectivity index (χ4v) is 3.58. The Balaban J connectivity index is 1.74. The molecule has 1 aliphatic heterocycles. The molecule has 2 heterocycles. The number of hydrogen-bond donors (Lipinski definition) is 2. The highest BCUT2D eigenvalue weighted by atomic mass is 32.1. The number of nitrogens with one attached hydrogen (secondary N) is 1. The highest BCUT2D eigenvalue weighted by Gasteiger charge is 2.29. The number of thiophene rings is 1. The number of amides is 2. The Kier molecular flexibility index (Phi) is 5.83. The van der Waals surface area contributed by atoms with Crippen molar-refractivity contribution in [3.05, 3.63) is 22.4 Å². The lowest BCUT2D eigenvalue weighted by molar-refractivity contribution is 0.0119. The minimum absolute atomic E-state index is 0.0191. The summed E-state index contributed by atoms with van der Waals surface area (Å²) in [6.45, 7) is 9.35. The first-order valence-electron chi connectivity index (χ1n) is 7.85. The molecule has 0 aliphatic carbocycles. The third kappa shape index (κ3) is 5.26. The van der Waals surface area contributed by atoms with Gasteiger partial charge in [-0.15, -0.1) is 0 Å². The van der Waals surface area contributed by atoms with Gasteiger partial charge in [0.2, 0.25) is 0 Å². The maximum atomic E-state index is 12.3. The summed E-state index contributed by atoms with van der Waals surface area (Å²) in [5, 5.41) is 17.1. The molecule has 2 N–H and O–H groups in total. The summed E-state index contributed by atoms with van der Waals surface area (Å²) in [6, 6.07) is 2.28. The first kappa shape index (κ1) is 17.2. The van der Waals surface area contributed by atoms with Crippen molar-refractivity contribution in [2.24, 2.45) is 0 Å². The van der Waals surface area contributed by atoms with Crippen LogP contribution in [-0.4, -0.2) is 65.3 Å². The molecular formula is C16H27N3O2S. The minimum atomic E-state index is -0.690. The van der Waals surface area contributed by atoms with Gasteiger partial charge >= 0.3 is 6.03 Å². The van der Waals surface area contributed by atoms with E-state index in [2.05, 4.69) is 34.0 Å². The van der Waals surface area contributed by atoms with Crippen molar-refractivity contribution in [3.8, 4) is 0 Å². The molecule has 0 spiro atoms. The zero-order chi connectivity index (χ0) is 16.2. The predicted octanol–water partition coefficient (Wildman–Crippen LogP) is 1.78. The van der Waals surface area contributed by atoms with E-state index >= 15 is 0 Å². The summed E-state index contributed by atoms with van der Waals surface area (Å²) >= 11 is 1.68. The topological polar surface area (TPSA) is 55.8 Å². The monoisotopic (exact) mass is 325 g/mol. The molecule has 0 radical (unpaired) electrons. The van der Waals surface area contributed by atoms with E-state index in [1.165, 1.54) is 5.56 Å². The largest absolute Gasteiger partial charge is 0.389 e. The quantitative estimate of drug-likeness (QED) is 0.868. The number of piperazine rings is 1. The van der Waals surface area contributed by atoms with Gasteiger partial charge in [-0.25, -0.2) is 4.79 Å². The van der Waals surface area contributed by atoms with E-state index in [-0.39, 0.29) is 12.1 Å². The third-order valence-corrected chi connectivity index (χ3v) is 4.59. The van der Waals surface area contributed by atoms with E-state index in [0.717, 1.165) is 19.5 Å². The van der Waals surface area contributed by atoms with Crippen LogP contribution in [-0.2, 0) is 6.42 Å². The molecule has 0 aromatic carbocycles. The van der Waals surface area contributed by atoms with Crippen LogP contribution in [0.4, 0.5) is 4.79 Å². The lowest BCUT2D eigenvalue weighted by Crippen LogP contribution is -2.58. The molecule has 1 atom stereocenters. The number of rotatable bonds is 5. The van der Waals surface area contributed by atoms with Gasteiger partial charge in [0.15, 0.2) is 0 Å². The zero-order valence-electron chi connectivity index (χ0n) is 13.7. The number of carbonyl (C=O) groups excluding carboxylic acids is 1. The predicted molar refractivity (Wildman–Crippen MR) is 90.3 cm³/mol. The molecule has 6 heteroatoms. The van der Waals surface area contributed by atoms with Crippen LogP contribution < -0.4 is 5.32 Å². The van der Waals surface area contributed by atoms with Crippen molar-refractivity contribution < 1.29 is 9.90 Å². The Hall–Kier alpha value is -1.11. The molecule has 1 fully saturated rings. The smallest absolute Gasteiger partial charge is 0.317 e. The fraction of sp³-hybridized carbons (Fsp3) is 0.688. The molecule has 22 heavy (non-hydrogen) atoms. The molecule has 0 saturated carbocycles. The van der Waals surface area contributed by atoms with E-state index in [1.54, 1.807) is 11.3 Å². The average Bonchev–Trinajstić information content (AvgIpc) is 2.89. The lowest BCUT2D eigenvalue weighted by Gasteiger charge is -2.41. The van der Waals surface area contributed by atoms with Gasteiger partial charge in [-0.2, -0.15) is 11.3 Å². The van der Waals surface area contributed by atoms with Gasteiger partial charge in [-0.3, -0.25) is 4.90 Å². The van der Waals surface area contributed by atoms with Crippen molar-refractivity contribution in [2.45, 2.75) is 38.8 Å². The SMILES string of the molecule is CC1CN(CC(C)(C)O)CCN1C(=O)NCCc1ccsc1. The Labute approximate surface area is 136 Å². The summed E-state index contributed by atoms with van der Waals surface area (Å²) in [7, 11) is 0. The molecule has 2 rings (SSSR count). The van der Waals surface area contributed by atoms with Crippen LogP contribution in [0.2, 0.25) is 0 Å². The van der Waals surface area contributed by atoms with E-state index < -0.39 is 5.60 Å². The summed E-state index contributed by atoms with van der Waals surface area (Å²) in [4.78, 5) is 16.4.